The Morgan fingerprint density at radius 3 is 2.48 bits per heavy atom. The van der Waals surface area contributed by atoms with Gasteiger partial charge in [-0.2, -0.15) is 0 Å². The standard InChI is InChI=1S/C22H31NO2/c1-4-7-14-19(11-5-2)20-16-23(15-18-12-9-8-10-13-18)17-21(20)22(24)25-6-3/h7-14,20-21H,4-6,15-17H2,1-3H3/b14-7-,19-11+/t20-,21+/m0/s1. The number of nitrogens with zero attached hydrogens (tertiary/aromatic N) is 1. The Hall–Kier alpha value is -1.87. The van der Waals surface area contributed by atoms with Crippen LogP contribution in [0.5, 0.6) is 0 Å². The van der Waals surface area contributed by atoms with E-state index in [1.165, 1.54) is 11.1 Å². The van der Waals surface area contributed by atoms with Crippen LogP contribution in [0.2, 0.25) is 0 Å². The minimum absolute atomic E-state index is 0.0602. The fourth-order valence-corrected chi connectivity index (χ4v) is 3.51. The molecule has 0 unspecified atom stereocenters. The van der Waals surface area contributed by atoms with Gasteiger partial charge in [-0.1, -0.05) is 62.4 Å². The average molecular weight is 341 g/mol. The number of hydrogen-bond acceptors (Lipinski definition) is 3. The topological polar surface area (TPSA) is 29.5 Å². The fraction of sp³-hybridized carbons (Fsp3) is 0.500. The molecule has 0 N–H and O–H groups in total. The van der Waals surface area contributed by atoms with Crippen LogP contribution in [-0.2, 0) is 16.1 Å². The Morgan fingerprint density at radius 1 is 1.12 bits per heavy atom. The van der Waals surface area contributed by atoms with Gasteiger partial charge in [0.1, 0.15) is 0 Å². The number of allylic oxidation sites excluding steroid dienone is 3. The fourth-order valence-electron chi connectivity index (χ4n) is 3.51. The van der Waals surface area contributed by atoms with Crippen molar-refractivity contribution in [1.29, 1.82) is 0 Å². The van der Waals surface area contributed by atoms with Crippen molar-refractivity contribution in [1.82, 2.24) is 4.90 Å². The second-order valence-corrected chi connectivity index (χ2v) is 6.57. The summed E-state index contributed by atoms with van der Waals surface area (Å²) >= 11 is 0. The number of likely N-dealkylation sites (tertiary alicyclic amines) is 1. The van der Waals surface area contributed by atoms with Gasteiger partial charge in [-0.15, -0.1) is 0 Å². The Labute approximate surface area is 152 Å². The molecule has 1 aromatic rings. The van der Waals surface area contributed by atoms with E-state index >= 15 is 0 Å². The van der Waals surface area contributed by atoms with Crippen molar-refractivity contribution < 1.29 is 9.53 Å². The first-order chi connectivity index (χ1) is 12.2. The van der Waals surface area contributed by atoms with Crippen LogP contribution in [-0.4, -0.2) is 30.6 Å². The molecule has 25 heavy (non-hydrogen) atoms. The lowest BCUT2D eigenvalue weighted by Crippen LogP contribution is -2.26. The van der Waals surface area contributed by atoms with Crippen molar-refractivity contribution in [2.75, 3.05) is 19.7 Å². The highest BCUT2D eigenvalue weighted by molar-refractivity contribution is 5.74. The van der Waals surface area contributed by atoms with Crippen molar-refractivity contribution in [3.05, 3.63) is 59.7 Å². The first kappa shape index (κ1) is 19.5. The number of ether oxygens (including phenoxy) is 1. The second kappa shape index (κ2) is 10.2. The van der Waals surface area contributed by atoms with Gasteiger partial charge < -0.3 is 4.74 Å². The van der Waals surface area contributed by atoms with E-state index in [-0.39, 0.29) is 17.8 Å². The lowest BCUT2D eigenvalue weighted by atomic mass is 9.87. The molecule has 1 fully saturated rings. The predicted octanol–water partition coefficient (Wildman–Crippen LogP) is 4.60. The third-order valence-corrected chi connectivity index (χ3v) is 4.65. The van der Waals surface area contributed by atoms with Gasteiger partial charge in [0.05, 0.1) is 12.5 Å². The second-order valence-electron chi connectivity index (χ2n) is 6.57. The Balaban J connectivity index is 2.19. The van der Waals surface area contributed by atoms with E-state index in [2.05, 4.69) is 61.2 Å². The lowest BCUT2D eigenvalue weighted by molar-refractivity contribution is -0.148. The third kappa shape index (κ3) is 5.57. The molecule has 0 bridgehead atoms. The summed E-state index contributed by atoms with van der Waals surface area (Å²) in [6, 6.07) is 10.5. The van der Waals surface area contributed by atoms with Gasteiger partial charge >= 0.3 is 5.97 Å². The minimum atomic E-state index is -0.0806. The van der Waals surface area contributed by atoms with Crippen LogP contribution >= 0.6 is 0 Å². The van der Waals surface area contributed by atoms with Crippen LogP contribution in [0.3, 0.4) is 0 Å². The Morgan fingerprint density at radius 2 is 1.84 bits per heavy atom. The molecular formula is C22H31NO2. The molecule has 136 valence electrons. The van der Waals surface area contributed by atoms with Crippen LogP contribution in [0.1, 0.15) is 39.2 Å². The van der Waals surface area contributed by atoms with Gasteiger partial charge in [0, 0.05) is 25.6 Å². The number of carbonyl (C=O) groups excluding carboxylic acids is 1. The molecule has 0 spiro atoms. The average Bonchev–Trinajstić information content (AvgIpc) is 3.03. The van der Waals surface area contributed by atoms with Crippen LogP contribution in [0.4, 0.5) is 0 Å². The summed E-state index contributed by atoms with van der Waals surface area (Å²) in [6.45, 7) is 9.15. The molecule has 0 radical (unpaired) electrons. The lowest BCUT2D eigenvalue weighted by Gasteiger charge is -2.18. The SMILES string of the molecule is CC/C=C\C(=C/CC)[C@@H]1CN(Cc2ccccc2)C[C@H]1C(=O)OCC. The molecule has 1 saturated heterocycles. The van der Waals surface area contributed by atoms with Crippen LogP contribution in [0.15, 0.2) is 54.1 Å². The quantitative estimate of drug-likeness (QED) is 0.511. The minimum Gasteiger partial charge on any atom is -0.466 e. The molecule has 0 amide bonds. The van der Waals surface area contributed by atoms with Crippen molar-refractivity contribution in [3.63, 3.8) is 0 Å². The molecule has 0 saturated carbocycles. The molecule has 1 aliphatic rings. The molecular weight excluding hydrogens is 310 g/mol. The van der Waals surface area contributed by atoms with Crippen LogP contribution < -0.4 is 0 Å². The largest absolute Gasteiger partial charge is 0.466 e. The van der Waals surface area contributed by atoms with E-state index in [9.17, 15) is 4.79 Å². The molecule has 3 nitrogen and oxygen atoms in total. The summed E-state index contributed by atoms with van der Waals surface area (Å²) in [5.41, 5.74) is 2.56. The van der Waals surface area contributed by atoms with Gasteiger partial charge in [-0.05, 0) is 30.9 Å². The highest BCUT2D eigenvalue weighted by Crippen LogP contribution is 2.32. The zero-order valence-electron chi connectivity index (χ0n) is 15.8. The predicted molar refractivity (Wildman–Crippen MR) is 103 cm³/mol. The molecule has 1 heterocycles. The summed E-state index contributed by atoms with van der Waals surface area (Å²) in [4.78, 5) is 14.9. The smallest absolute Gasteiger partial charge is 0.310 e. The highest BCUT2D eigenvalue weighted by Gasteiger charge is 2.39. The molecule has 1 aliphatic heterocycles. The number of benzene rings is 1. The first-order valence-corrected chi connectivity index (χ1v) is 9.49. The van der Waals surface area contributed by atoms with Crippen molar-refractivity contribution >= 4 is 5.97 Å². The van der Waals surface area contributed by atoms with Crippen LogP contribution in [0.25, 0.3) is 0 Å². The Kier molecular flexibility index (Phi) is 7.93. The van der Waals surface area contributed by atoms with E-state index in [4.69, 9.17) is 4.74 Å². The maximum Gasteiger partial charge on any atom is 0.310 e. The highest BCUT2D eigenvalue weighted by atomic mass is 16.5. The summed E-state index contributed by atoms with van der Waals surface area (Å²) in [6.07, 6.45) is 8.63. The molecule has 1 aromatic carbocycles. The first-order valence-electron chi connectivity index (χ1n) is 9.49. The maximum absolute atomic E-state index is 12.5. The van der Waals surface area contributed by atoms with Gasteiger partial charge in [-0.25, -0.2) is 0 Å². The number of carbonyl (C=O) groups is 1. The zero-order chi connectivity index (χ0) is 18.1. The summed E-state index contributed by atoms with van der Waals surface area (Å²) in [7, 11) is 0. The maximum atomic E-state index is 12.5. The van der Waals surface area contributed by atoms with E-state index in [1.807, 2.05) is 13.0 Å². The summed E-state index contributed by atoms with van der Waals surface area (Å²) in [5.74, 6) is 0.0726. The normalized spacial score (nSPS) is 21.8. The van der Waals surface area contributed by atoms with E-state index in [0.717, 1.165) is 32.5 Å². The Bertz CT molecular complexity index is 591. The zero-order valence-corrected chi connectivity index (χ0v) is 15.8. The van der Waals surface area contributed by atoms with Gasteiger partial charge in [0.2, 0.25) is 0 Å². The van der Waals surface area contributed by atoms with Gasteiger partial charge in [0.25, 0.3) is 0 Å². The van der Waals surface area contributed by atoms with E-state index in [1.54, 1.807) is 0 Å². The van der Waals surface area contributed by atoms with Crippen molar-refractivity contribution in [3.8, 4) is 0 Å². The van der Waals surface area contributed by atoms with E-state index in [0.29, 0.717) is 6.61 Å². The summed E-state index contributed by atoms with van der Waals surface area (Å²) < 4.78 is 5.37. The molecule has 3 heteroatoms. The third-order valence-electron chi connectivity index (χ3n) is 4.65. The molecule has 0 aromatic heterocycles. The summed E-state index contributed by atoms with van der Waals surface area (Å²) in [5, 5.41) is 0. The van der Waals surface area contributed by atoms with E-state index < -0.39 is 0 Å². The van der Waals surface area contributed by atoms with Gasteiger partial charge in [-0.3, -0.25) is 9.69 Å². The van der Waals surface area contributed by atoms with Gasteiger partial charge in [0.15, 0.2) is 0 Å². The number of hydrogen-bond donors (Lipinski definition) is 0. The molecule has 2 rings (SSSR count). The number of rotatable bonds is 8. The van der Waals surface area contributed by atoms with Crippen molar-refractivity contribution in [2.45, 2.75) is 40.2 Å². The van der Waals surface area contributed by atoms with Crippen LogP contribution in [0, 0.1) is 11.8 Å². The number of esters is 1. The van der Waals surface area contributed by atoms with Crippen molar-refractivity contribution in [2.24, 2.45) is 11.8 Å². The molecule has 2 atom stereocenters. The molecule has 0 aliphatic carbocycles. The monoisotopic (exact) mass is 341 g/mol.